The van der Waals surface area contributed by atoms with Crippen LogP contribution in [0.2, 0.25) is 0 Å². The number of rotatable bonds is 1. The van der Waals surface area contributed by atoms with Crippen molar-refractivity contribution in [2.24, 2.45) is 0 Å². The molecule has 0 saturated heterocycles. The molecule has 0 aliphatic rings. The lowest BCUT2D eigenvalue weighted by Gasteiger charge is -2.13. The van der Waals surface area contributed by atoms with Gasteiger partial charge in [0, 0.05) is 18.5 Å². The minimum atomic E-state index is -4.99. The van der Waals surface area contributed by atoms with Crippen LogP contribution in [0.4, 0.5) is 12.9 Å². The van der Waals surface area contributed by atoms with Gasteiger partial charge in [0.25, 0.3) is 0 Å². The van der Waals surface area contributed by atoms with E-state index in [2.05, 4.69) is 10.1 Å². The maximum atomic E-state index is 12.2. The Morgan fingerprint density at radius 2 is 2.08 bits per heavy atom. The molecule has 2 aromatic heterocycles. The van der Waals surface area contributed by atoms with Crippen molar-refractivity contribution >= 4 is 18.1 Å². The Hall–Kier alpha value is -1.53. The number of aromatic nitrogens is 3. The molecule has 0 radical (unpaired) electrons. The molecule has 2 heterocycles. The highest BCUT2D eigenvalue weighted by Gasteiger charge is 2.26. The molecule has 2 rings (SSSR count). The van der Waals surface area contributed by atoms with Crippen molar-refractivity contribution in [3.63, 3.8) is 0 Å². The van der Waals surface area contributed by atoms with E-state index in [1.807, 2.05) is 0 Å². The Balaban J connectivity index is 2.61. The van der Waals surface area contributed by atoms with Crippen LogP contribution in [0, 0.1) is 0 Å². The van der Waals surface area contributed by atoms with E-state index in [4.69, 9.17) is 0 Å². The van der Waals surface area contributed by atoms with Crippen molar-refractivity contribution < 1.29 is 12.9 Å². The smallest absolute Gasteiger partial charge is 0.445 e. The summed E-state index contributed by atoms with van der Waals surface area (Å²) in [5.74, 6) is 0. The van der Waals surface area contributed by atoms with Crippen LogP contribution in [0.25, 0.3) is 5.65 Å². The van der Waals surface area contributed by atoms with Gasteiger partial charge in [0.15, 0.2) is 5.65 Å². The number of hydrogen-bond acceptors (Lipinski definition) is 2. The molecule has 7 heteroatoms. The molecule has 0 aliphatic heterocycles. The normalized spacial score (nSPS) is 12.2. The first-order valence-electron chi connectivity index (χ1n) is 3.56. The zero-order valence-corrected chi connectivity index (χ0v) is 6.36. The van der Waals surface area contributed by atoms with E-state index < -0.39 is 12.4 Å². The van der Waals surface area contributed by atoms with Gasteiger partial charge in [0.1, 0.15) is 0 Å². The second-order valence-electron chi connectivity index (χ2n) is 2.60. The van der Waals surface area contributed by atoms with Gasteiger partial charge in [-0.15, -0.1) is 0 Å². The highest BCUT2D eigenvalue weighted by Crippen LogP contribution is 2.08. The molecule has 0 unspecified atom stereocenters. The van der Waals surface area contributed by atoms with Crippen LogP contribution in [0.5, 0.6) is 0 Å². The fourth-order valence-corrected chi connectivity index (χ4v) is 0.993. The molecule has 0 saturated carbocycles. The lowest BCUT2D eigenvalue weighted by atomic mass is 9.83. The van der Waals surface area contributed by atoms with Crippen LogP contribution in [0.15, 0.2) is 24.7 Å². The van der Waals surface area contributed by atoms with Gasteiger partial charge in [0.2, 0.25) is 0 Å². The summed E-state index contributed by atoms with van der Waals surface area (Å²) in [6.45, 7) is -4.99. The van der Waals surface area contributed by atoms with Crippen molar-refractivity contribution in [3.8, 4) is 0 Å². The molecule has 0 spiro atoms. The summed E-state index contributed by atoms with van der Waals surface area (Å²) in [5.41, 5.74) is -0.333. The molecular formula is C6H4BF3N3-. The molecule has 0 N–H and O–H groups in total. The zero-order valence-electron chi connectivity index (χ0n) is 6.36. The van der Waals surface area contributed by atoms with Crippen LogP contribution < -0.4 is 5.46 Å². The fourth-order valence-electron chi connectivity index (χ4n) is 0.993. The summed E-state index contributed by atoms with van der Waals surface area (Å²) in [7, 11) is 0. The number of nitrogens with zero attached hydrogens (tertiary/aromatic N) is 3. The Morgan fingerprint density at radius 1 is 1.31 bits per heavy atom. The average molecular weight is 186 g/mol. The predicted octanol–water partition coefficient (Wildman–Crippen LogP) is 0.784. The van der Waals surface area contributed by atoms with Crippen molar-refractivity contribution in [2.75, 3.05) is 0 Å². The Bertz CT molecular complexity index is 436. The van der Waals surface area contributed by atoms with Crippen LogP contribution in [-0.4, -0.2) is 21.6 Å². The minimum Gasteiger partial charge on any atom is -0.445 e. The van der Waals surface area contributed by atoms with Gasteiger partial charge in [-0.3, -0.25) is 0 Å². The van der Waals surface area contributed by atoms with E-state index in [1.165, 1.54) is 12.3 Å². The lowest BCUT2D eigenvalue weighted by Crippen LogP contribution is -2.35. The van der Waals surface area contributed by atoms with Gasteiger partial charge in [0.05, 0.1) is 6.20 Å². The van der Waals surface area contributed by atoms with Gasteiger partial charge in [-0.1, -0.05) is 5.46 Å². The zero-order chi connectivity index (χ0) is 9.47. The molecule has 0 fully saturated rings. The molecule has 0 aliphatic carbocycles. The molecule has 0 aromatic carbocycles. The first kappa shape index (κ1) is 8.09. The molecule has 13 heavy (non-hydrogen) atoms. The Kier molecular flexibility index (Phi) is 1.54. The molecule has 0 amide bonds. The summed E-state index contributed by atoms with van der Waals surface area (Å²) in [4.78, 5) is 3.60. The predicted molar refractivity (Wildman–Crippen MR) is 41.7 cm³/mol. The first-order valence-corrected chi connectivity index (χ1v) is 3.56. The van der Waals surface area contributed by atoms with Gasteiger partial charge >= 0.3 is 6.98 Å². The summed E-state index contributed by atoms with van der Waals surface area (Å²) < 4.78 is 37.7. The van der Waals surface area contributed by atoms with Crippen molar-refractivity contribution in [1.82, 2.24) is 14.6 Å². The van der Waals surface area contributed by atoms with Crippen molar-refractivity contribution in [3.05, 3.63) is 24.7 Å². The number of fused-ring (bicyclic) bond motifs is 1. The van der Waals surface area contributed by atoms with Gasteiger partial charge in [-0.05, 0) is 0 Å². The fraction of sp³-hybridized carbons (Fsp3) is 0. The highest BCUT2D eigenvalue weighted by molar-refractivity contribution is 6.73. The topological polar surface area (TPSA) is 30.2 Å². The van der Waals surface area contributed by atoms with Crippen molar-refractivity contribution in [1.29, 1.82) is 0 Å². The van der Waals surface area contributed by atoms with Crippen molar-refractivity contribution in [2.45, 2.75) is 0 Å². The molecule has 0 bridgehead atoms. The number of halogens is 3. The van der Waals surface area contributed by atoms with Crippen LogP contribution >= 0.6 is 0 Å². The molecule has 3 nitrogen and oxygen atoms in total. The number of hydrogen-bond donors (Lipinski definition) is 0. The average Bonchev–Trinajstić information content (AvgIpc) is 2.47. The summed E-state index contributed by atoms with van der Waals surface area (Å²) in [6, 6.07) is 1.53. The van der Waals surface area contributed by atoms with E-state index in [9.17, 15) is 12.9 Å². The molecule has 2 aromatic rings. The summed E-state index contributed by atoms with van der Waals surface area (Å²) >= 11 is 0. The minimum absolute atomic E-state index is 0.406. The van der Waals surface area contributed by atoms with E-state index in [0.717, 1.165) is 16.9 Å². The molecular weight excluding hydrogens is 182 g/mol. The van der Waals surface area contributed by atoms with Crippen LogP contribution in [0.1, 0.15) is 0 Å². The second kappa shape index (κ2) is 2.48. The lowest BCUT2D eigenvalue weighted by molar-refractivity contribution is 0.500. The largest absolute Gasteiger partial charge is 0.512 e. The van der Waals surface area contributed by atoms with Crippen LogP contribution in [-0.2, 0) is 0 Å². The molecule has 0 atom stereocenters. The Morgan fingerprint density at radius 3 is 2.77 bits per heavy atom. The van der Waals surface area contributed by atoms with Gasteiger partial charge in [-0.25, -0.2) is 9.50 Å². The standard InChI is InChI=1S/C6H4BF3N3/c8-7(9,10)5-3-11-6-1-2-12-13(6)4-5/h1-4H/q-1. The van der Waals surface area contributed by atoms with E-state index in [1.54, 1.807) is 0 Å². The monoisotopic (exact) mass is 186 g/mol. The molecule has 68 valence electrons. The third kappa shape index (κ3) is 1.37. The summed E-state index contributed by atoms with van der Waals surface area (Å²) in [5, 5.41) is 3.66. The third-order valence-electron chi connectivity index (χ3n) is 1.64. The third-order valence-corrected chi connectivity index (χ3v) is 1.64. The van der Waals surface area contributed by atoms with Crippen LogP contribution in [0.3, 0.4) is 0 Å². The first-order chi connectivity index (χ1) is 6.07. The van der Waals surface area contributed by atoms with E-state index in [0.29, 0.717) is 5.65 Å². The maximum absolute atomic E-state index is 12.2. The van der Waals surface area contributed by atoms with E-state index in [-0.39, 0.29) is 0 Å². The highest BCUT2D eigenvalue weighted by atomic mass is 19.4. The van der Waals surface area contributed by atoms with E-state index >= 15 is 0 Å². The van der Waals surface area contributed by atoms with Gasteiger partial charge < -0.3 is 12.9 Å². The SMILES string of the molecule is F[B-](F)(F)c1cnc2ccnn2c1. The maximum Gasteiger partial charge on any atom is 0.512 e. The second-order valence-corrected chi connectivity index (χ2v) is 2.60. The quantitative estimate of drug-likeness (QED) is 0.616. The summed E-state index contributed by atoms with van der Waals surface area (Å²) in [6.07, 6.45) is 3.15. The Labute approximate surface area is 71.3 Å². The van der Waals surface area contributed by atoms with Gasteiger partial charge in [-0.2, -0.15) is 5.10 Å².